The standard InChI is InChI=1S/C16H14ClN3O2/c17-12-5-3-4-11(10-12)15(22)19-16-18-13-6-1-2-7-14(13)20(16)8-9-21/h1-7,10,21H,8-9H2,(H,18,19,22). The van der Waals surface area contributed by atoms with E-state index in [9.17, 15) is 9.90 Å². The monoisotopic (exact) mass is 315 g/mol. The molecular formula is C16H14ClN3O2. The van der Waals surface area contributed by atoms with E-state index in [4.69, 9.17) is 11.6 Å². The van der Waals surface area contributed by atoms with Crippen LogP contribution in [-0.4, -0.2) is 27.2 Å². The first kappa shape index (κ1) is 14.6. The Morgan fingerprint density at radius 3 is 2.82 bits per heavy atom. The minimum absolute atomic E-state index is 0.0413. The minimum atomic E-state index is -0.294. The van der Waals surface area contributed by atoms with E-state index >= 15 is 0 Å². The number of nitrogens with one attached hydrogen (secondary N) is 1. The van der Waals surface area contributed by atoms with Crippen molar-refractivity contribution in [2.45, 2.75) is 6.54 Å². The number of nitrogens with zero attached hydrogens (tertiary/aromatic N) is 2. The van der Waals surface area contributed by atoms with E-state index in [1.54, 1.807) is 28.8 Å². The third-order valence-electron chi connectivity index (χ3n) is 3.29. The van der Waals surface area contributed by atoms with Crippen LogP contribution in [-0.2, 0) is 6.54 Å². The van der Waals surface area contributed by atoms with Crippen LogP contribution in [0, 0.1) is 0 Å². The zero-order valence-corrected chi connectivity index (χ0v) is 12.4. The molecule has 2 N–H and O–H groups in total. The van der Waals surface area contributed by atoms with Crippen LogP contribution in [0.25, 0.3) is 11.0 Å². The molecule has 3 aromatic rings. The fourth-order valence-electron chi connectivity index (χ4n) is 2.30. The molecule has 0 aliphatic rings. The fraction of sp³-hybridized carbons (Fsp3) is 0.125. The first-order valence-corrected chi connectivity index (χ1v) is 7.20. The zero-order valence-electron chi connectivity index (χ0n) is 11.7. The fourth-order valence-corrected chi connectivity index (χ4v) is 2.49. The van der Waals surface area contributed by atoms with Crippen LogP contribution in [0.3, 0.4) is 0 Å². The summed E-state index contributed by atoms with van der Waals surface area (Å²) >= 11 is 5.90. The Hall–Kier alpha value is -2.37. The number of fused-ring (bicyclic) bond motifs is 1. The Morgan fingerprint density at radius 1 is 1.23 bits per heavy atom. The topological polar surface area (TPSA) is 67.2 Å². The highest BCUT2D eigenvalue weighted by molar-refractivity contribution is 6.31. The van der Waals surface area contributed by atoms with Crippen molar-refractivity contribution in [3.63, 3.8) is 0 Å². The Labute approximate surface area is 132 Å². The zero-order chi connectivity index (χ0) is 15.5. The van der Waals surface area contributed by atoms with Crippen molar-refractivity contribution in [1.29, 1.82) is 0 Å². The Bertz CT molecular complexity index is 829. The molecule has 0 saturated heterocycles. The van der Waals surface area contributed by atoms with Gasteiger partial charge in [0.2, 0.25) is 5.95 Å². The van der Waals surface area contributed by atoms with Gasteiger partial charge in [-0.1, -0.05) is 29.8 Å². The number of rotatable bonds is 4. The van der Waals surface area contributed by atoms with Crippen LogP contribution in [0.2, 0.25) is 5.02 Å². The number of benzene rings is 2. The van der Waals surface area contributed by atoms with E-state index in [-0.39, 0.29) is 12.5 Å². The van der Waals surface area contributed by atoms with Crippen LogP contribution >= 0.6 is 11.6 Å². The number of aromatic nitrogens is 2. The second kappa shape index (κ2) is 6.17. The van der Waals surface area contributed by atoms with Gasteiger partial charge in [0.15, 0.2) is 0 Å². The van der Waals surface area contributed by atoms with Crippen molar-refractivity contribution in [2.24, 2.45) is 0 Å². The number of hydrogen-bond acceptors (Lipinski definition) is 3. The van der Waals surface area contributed by atoms with Crippen LogP contribution in [0.4, 0.5) is 5.95 Å². The summed E-state index contributed by atoms with van der Waals surface area (Å²) < 4.78 is 1.78. The molecule has 0 fully saturated rings. The van der Waals surface area contributed by atoms with E-state index in [0.717, 1.165) is 11.0 Å². The molecule has 0 radical (unpaired) electrons. The van der Waals surface area contributed by atoms with E-state index in [1.165, 1.54) is 0 Å². The van der Waals surface area contributed by atoms with Gasteiger partial charge >= 0.3 is 0 Å². The molecule has 2 aromatic carbocycles. The molecule has 0 aliphatic heterocycles. The summed E-state index contributed by atoms with van der Waals surface area (Å²) in [5, 5.41) is 12.5. The highest BCUT2D eigenvalue weighted by atomic mass is 35.5. The lowest BCUT2D eigenvalue weighted by Gasteiger charge is -2.08. The molecular weight excluding hydrogens is 302 g/mol. The van der Waals surface area contributed by atoms with Crippen LogP contribution < -0.4 is 5.32 Å². The highest BCUT2D eigenvalue weighted by Crippen LogP contribution is 2.20. The maximum Gasteiger partial charge on any atom is 0.258 e. The summed E-state index contributed by atoms with van der Waals surface area (Å²) in [6.45, 7) is 0.312. The van der Waals surface area contributed by atoms with Gasteiger partial charge in [0.05, 0.1) is 17.6 Å². The Balaban J connectivity index is 1.96. The second-order valence-corrected chi connectivity index (χ2v) is 5.20. The number of hydrogen-bond donors (Lipinski definition) is 2. The van der Waals surface area contributed by atoms with Gasteiger partial charge in [-0.05, 0) is 30.3 Å². The molecule has 22 heavy (non-hydrogen) atoms. The van der Waals surface area contributed by atoms with Gasteiger partial charge < -0.3 is 9.67 Å². The van der Waals surface area contributed by atoms with Crippen molar-refractivity contribution < 1.29 is 9.90 Å². The maximum atomic E-state index is 12.3. The van der Waals surface area contributed by atoms with Crippen LogP contribution in [0.5, 0.6) is 0 Å². The first-order valence-electron chi connectivity index (χ1n) is 6.82. The highest BCUT2D eigenvalue weighted by Gasteiger charge is 2.14. The number of imidazole rings is 1. The molecule has 1 heterocycles. The van der Waals surface area contributed by atoms with Gasteiger partial charge in [0, 0.05) is 17.1 Å². The normalized spacial score (nSPS) is 10.8. The smallest absolute Gasteiger partial charge is 0.258 e. The average molecular weight is 316 g/mol. The molecule has 3 rings (SSSR count). The quantitative estimate of drug-likeness (QED) is 0.778. The van der Waals surface area contributed by atoms with Gasteiger partial charge in [0.1, 0.15) is 0 Å². The number of aliphatic hydroxyl groups excluding tert-OH is 1. The SMILES string of the molecule is O=C(Nc1nc2ccccc2n1CCO)c1cccc(Cl)c1. The number of carbonyl (C=O) groups excluding carboxylic acids is 1. The predicted molar refractivity (Wildman–Crippen MR) is 86.2 cm³/mol. The van der Waals surface area contributed by atoms with Crippen molar-refractivity contribution in [1.82, 2.24) is 9.55 Å². The molecule has 0 atom stereocenters. The number of aliphatic hydroxyl groups is 1. The van der Waals surface area contributed by atoms with Gasteiger partial charge in [-0.2, -0.15) is 0 Å². The minimum Gasteiger partial charge on any atom is -0.395 e. The molecule has 0 aliphatic carbocycles. The molecule has 0 spiro atoms. The molecule has 0 unspecified atom stereocenters. The second-order valence-electron chi connectivity index (χ2n) is 4.76. The van der Waals surface area contributed by atoms with Gasteiger partial charge in [0.25, 0.3) is 5.91 Å². The Morgan fingerprint density at radius 2 is 2.05 bits per heavy atom. The number of para-hydroxylation sites is 2. The van der Waals surface area contributed by atoms with E-state index < -0.39 is 0 Å². The number of halogens is 1. The number of carbonyl (C=O) groups is 1. The van der Waals surface area contributed by atoms with Crippen molar-refractivity contribution in [3.05, 3.63) is 59.1 Å². The summed E-state index contributed by atoms with van der Waals surface area (Å²) in [5.41, 5.74) is 2.07. The first-order chi connectivity index (χ1) is 10.7. The van der Waals surface area contributed by atoms with Crippen molar-refractivity contribution in [3.8, 4) is 0 Å². The summed E-state index contributed by atoms with van der Waals surface area (Å²) in [4.78, 5) is 16.7. The number of anilines is 1. The lowest BCUT2D eigenvalue weighted by atomic mass is 10.2. The van der Waals surface area contributed by atoms with Crippen molar-refractivity contribution >= 4 is 34.5 Å². The van der Waals surface area contributed by atoms with Gasteiger partial charge in [-0.25, -0.2) is 4.98 Å². The summed E-state index contributed by atoms with van der Waals surface area (Å²) in [6, 6.07) is 14.2. The van der Waals surface area contributed by atoms with E-state index in [2.05, 4.69) is 10.3 Å². The van der Waals surface area contributed by atoms with E-state index in [1.807, 2.05) is 24.3 Å². The predicted octanol–water partition coefficient (Wildman–Crippen LogP) is 2.93. The van der Waals surface area contributed by atoms with Crippen LogP contribution in [0.1, 0.15) is 10.4 Å². The molecule has 6 heteroatoms. The number of amides is 1. The van der Waals surface area contributed by atoms with Crippen LogP contribution in [0.15, 0.2) is 48.5 Å². The average Bonchev–Trinajstić information content (AvgIpc) is 2.85. The summed E-state index contributed by atoms with van der Waals surface area (Å²) in [7, 11) is 0. The molecule has 5 nitrogen and oxygen atoms in total. The largest absolute Gasteiger partial charge is 0.395 e. The van der Waals surface area contributed by atoms with Gasteiger partial charge in [-0.15, -0.1) is 0 Å². The molecule has 0 bridgehead atoms. The third-order valence-corrected chi connectivity index (χ3v) is 3.53. The molecule has 1 aromatic heterocycles. The summed E-state index contributed by atoms with van der Waals surface area (Å²) in [6.07, 6.45) is 0. The van der Waals surface area contributed by atoms with Crippen molar-refractivity contribution in [2.75, 3.05) is 11.9 Å². The maximum absolute atomic E-state index is 12.3. The van der Waals surface area contributed by atoms with Gasteiger partial charge in [-0.3, -0.25) is 10.1 Å². The molecule has 112 valence electrons. The molecule has 1 amide bonds. The van der Waals surface area contributed by atoms with E-state index in [0.29, 0.717) is 23.1 Å². The molecule has 0 saturated carbocycles. The third kappa shape index (κ3) is 2.81. The Kier molecular flexibility index (Phi) is 4.09. The summed E-state index contributed by atoms with van der Waals surface area (Å²) in [5.74, 6) is 0.109. The lowest BCUT2D eigenvalue weighted by Crippen LogP contribution is -2.16. The lowest BCUT2D eigenvalue weighted by molar-refractivity contribution is 0.102.